The number of hydrogen-bond acceptors (Lipinski definition) is 4. The maximum atomic E-state index is 12.2. The number of carbonyl (C=O) groups is 1. The van der Waals surface area contributed by atoms with Crippen LogP contribution in [0, 0.1) is 0 Å². The number of nitrogens with zero attached hydrogens (tertiary/aromatic N) is 4. The van der Waals surface area contributed by atoms with Crippen molar-refractivity contribution < 1.29 is 9.53 Å². The third kappa shape index (κ3) is 3.88. The van der Waals surface area contributed by atoms with E-state index in [1.807, 2.05) is 25.7 Å². The highest BCUT2D eigenvalue weighted by molar-refractivity contribution is 5.68. The van der Waals surface area contributed by atoms with E-state index in [1.165, 1.54) is 37.1 Å². The number of rotatable bonds is 3. The van der Waals surface area contributed by atoms with Crippen LogP contribution in [0.1, 0.15) is 82.9 Å². The maximum Gasteiger partial charge on any atom is 0.410 e. The van der Waals surface area contributed by atoms with Gasteiger partial charge in [-0.2, -0.15) is 0 Å². The van der Waals surface area contributed by atoms with Crippen molar-refractivity contribution in [1.82, 2.24) is 19.7 Å². The SMILES string of the molecule is CC(C)(C)OC(=O)N1CCC(=Cc2nnc(C3CC3)n2C2CC2)CC1. The molecule has 6 heteroatoms. The van der Waals surface area contributed by atoms with Crippen LogP contribution in [0.3, 0.4) is 0 Å². The maximum absolute atomic E-state index is 12.2. The van der Waals surface area contributed by atoms with Crippen molar-refractivity contribution in [3.05, 3.63) is 17.2 Å². The quantitative estimate of drug-likeness (QED) is 0.834. The van der Waals surface area contributed by atoms with Gasteiger partial charge < -0.3 is 14.2 Å². The van der Waals surface area contributed by atoms with E-state index in [2.05, 4.69) is 20.8 Å². The number of likely N-dealkylation sites (tertiary alicyclic amines) is 1. The smallest absolute Gasteiger partial charge is 0.410 e. The molecule has 0 spiro atoms. The summed E-state index contributed by atoms with van der Waals surface area (Å²) in [6, 6.07) is 0.610. The Kier molecular flexibility index (Phi) is 4.08. The van der Waals surface area contributed by atoms with Gasteiger partial charge in [0.05, 0.1) is 0 Å². The minimum Gasteiger partial charge on any atom is -0.444 e. The Bertz CT molecular complexity index is 683. The molecule has 0 unspecified atom stereocenters. The Hall–Kier alpha value is -1.85. The lowest BCUT2D eigenvalue weighted by Gasteiger charge is -2.31. The van der Waals surface area contributed by atoms with Crippen LogP contribution in [0.25, 0.3) is 6.08 Å². The van der Waals surface area contributed by atoms with Gasteiger partial charge in [0.15, 0.2) is 5.82 Å². The molecule has 4 rings (SSSR count). The van der Waals surface area contributed by atoms with Gasteiger partial charge in [0.25, 0.3) is 0 Å². The Morgan fingerprint density at radius 1 is 1.12 bits per heavy atom. The first-order valence-corrected chi connectivity index (χ1v) is 9.53. The molecule has 0 bridgehead atoms. The molecule has 0 aromatic carbocycles. The molecule has 2 heterocycles. The molecule has 1 amide bonds. The van der Waals surface area contributed by atoms with E-state index in [4.69, 9.17) is 4.74 Å². The van der Waals surface area contributed by atoms with Crippen LogP contribution in [0.2, 0.25) is 0 Å². The monoisotopic (exact) mass is 344 g/mol. The number of ether oxygens (including phenoxy) is 1. The van der Waals surface area contributed by atoms with Crippen LogP contribution < -0.4 is 0 Å². The molecule has 1 aromatic heterocycles. The molecular weight excluding hydrogens is 316 g/mol. The van der Waals surface area contributed by atoms with Gasteiger partial charge in [-0.25, -0.2) is 4.79 Å². The summed E-state index contributed by atoms with van der Waals surface area (Å²) < 4.78 is 7.85. The van der Waals surface area contributed by atoms with Gasteiger partial charge in [-0.1, -0.05) is 5.57 Å². The van der Waals surface area contributed by atoms with Crippen molar-refractivity contribution in [2.24, 2.45) is 0 Å². The van der Waals surface area contributed by atoms with Crippen molar-refractivity contribution in [2.45, 2.75) is 76.9 Å². The topological polar surface area (TPSA) is 60.2 Å². The lowest BCUT2D eigenvalue weighted by Crippen LogP contribution is -2.40. The summed E-state index contributed by atoms with van der Waals surface area (Å²) in [5, 5.41) is 8.94. The second kappa shape index (κ2) is 6.15. The highest BCUT2D eigenvalue weighted by Gasteiger charge is 2.36. The zero-order valence-electron chi connectivity index (χ0n) is 15.5. The fraction of sp³-hybridized carbons (Fsp3) is 0.737. The average molecular weight is 344 g/mol. The molecule has 1 saturated heterocycles. The number of piperidine rings is 1. The van der Waals surface area contributed by atoms with Crippen LogP contribution in [-0.4, -0.2) is 44.4 Å². The van der Waals surface area contributed by atoms with Crippen LogP contribution in [0.15, 0.2) is 5.57 Å². The molecule has 3 aliphatic rings. The molecule has 2 saturated carbocycles. The predicted octanol–water partition coefficient (Wildman–Crippen LogP) is 3.90. The van der Waals surface area contributed by atoms with Crippen molar-refractivity contribution in [3.63, 3.8) is 0 Å². The highest BCUT2D eigenvalue weighted by Crippen LogP contribution is 2.45. The molecule has 0 atom stereocenters. The fourth-order valence-electron chi connectivity index (χ4n) is 3.37. The van der Waals surface area contributed by atoms with Crippen molar-refractivity contribution >= 4 is 12.2 Å². The van der Waals surface area contributed by atoms with Gasteiger partial charge in [0.2, 0.25) is 0 Å². The van der Waals surface area contributed by atoms with Crippen LogP contribution in [-0.2, 0) is 4.74 Å². The third-order valence-corrected chi connectivity index (χ3v) is 4.99. The third-order valence-electron chi connectivity index (χ3n) is 4.99. The number of carbonyl (C=O) groups excluding carboxylic acids is 1. The molecule has 25 heavy (non-hydrogen) atoms. The molecule has 1 aromatic rings. The molecular formula is C19H28N4O2. The van der Waals surface area contributed by atoms with E-state index >= 15 is 0 Å². The molecule has 1 aliphatic heterocycles. The molecule has 0 radical (unpaired) electrons. The highest BCUT2D eigenvalue weighted by atomic mass is 16.6. The van der Waals surface area contributed by atoms with Crippen LogP contribution in [0.4, 0.5) is 4.79 Å². The first kappa shape index (κ1) is 16.6. The van der Waals surface area contributed by atoms with Crippen LogP contribution >= 0.6 is 0 Å². The van der Waals surface area contributed by atoms with E-state index in [9.17, 15) is 4.79 Å². The van der Waals surface area contributed by atoms with Gasteiger partial charge in [0.1, 0.15) is 11.4 Å². The minimum atomic E-state index is -0.437. The fourth-order valence-corrected chi connectivity index (χ4v) is 3.37. The van der Waals surface area contributed by atoms with Crippen molar-refractivity contribution in [1.29, 1.82) is 0 Å². The molecule has 3 fully saturated rings. The Morgan fingerprint density at radius 2 is 1.80 bits per heavy atom. The summed E-state index contributed by atoms with van der Waals surface area (Å²) in [5.41, 5.74) is 0.920. The first-order chi connectivity index (χ1) is 11.9. The van der Waals surface area contributed by atoms with Crippen molar-refractivity contribution in [3.8, 4) is 0 Å². The number of hydrogen-bond donors (Lipinski definition) is 0. The Morgan fingerprint density at radius 3 is 2.36 bits per heavy atom. The summed E-state index contributed by atoms with van der Waals surface area (Å²) >= 11 is 0. The Labute approximate surface area is 149 Å². The summed E-state index contributed by atoms with van der Waals surface area (Å²) in [5.74, 6) is 2.85. The van der Waals surface area contributed by atoms with Gasteiger partial charge in [-0.15, -0.1) is 10.2 Å². The standard InChI is InChI=1S/C19H28N4O2/c1-19(2,3)25-18(24)22-10-8-13(9-11-22)12-16-20-21-17(14-4-5-14)23(16)15-6-7-15/h12,14-15H,4-11H2,1-3H3. The Balaban J connectivity index is 1.42. The summed E-state index contributed by atoms with van der Waals surface area (Å²) in [6.45, 7) is 7.15. The first-order valence-electron chi connectivity index (χ1n) is 9.53. The zero-order valence-corrected chi connectivity index (χ0v) is 15.5. The molecule has 0 N–H and O–H groups in total. The predicted molar refractivity (Wildman–Crippen MR) is 95.3 cm³/mol. The van der Waals surface area contributed by atoms with Crippen molar-refractivity contribution in [2.75, 3.05) is 13.1 Å². The summed E-state index contributed by atoms with van der Waals surface area (Å²) in [4.78, 5) is 14.0. The number of amides is 1. The normalized spacial score (nSPS) is 21.4. The van der Waals surface area contributed by atoms with Crippen LogP contribution in [0.5, 0.6) is 0 Å². The van der Waals surface area contributed by atoms with E-state index in [0.29, 0.717) is 25.0 Å². The summed E-state index contributed by atoms with van der Waals surface area (Å²) in [6.07, 6.45) is 8.79. The van der Waals surface area contributed by atoms with Gasteiger partial charge in [0, 0.05) is 25.0 Å². The lowest BCUT2D eigenvalue weighted by atomic mass is 10.0. The van der Waals surface area contributed by atoms with E-state index < -0.39 is 5.60 Å². The summed E-state index contributed by atoms with van der Waals surface area (Å²) in [7, 11) is 0. The van der Waals surface area contributed by atoms with Gasteiger partial charge in [-0.05, 0) is 65.4 Å². The van der Waals surface area contributed by atoms with E-state index in [1.54, 1.807) is 0 Å². The average Bonchev–Trinajstić information content (AvgIpc) is 3.46. The minimum absolute atomic E-state index is 0.205. The second-order valence-corrected chi connectivity index (χ2v) is 8.56. The molecule has 136 valence electrons. The zero-order chi connectivity index (χ0) is 17.6. The van der Waals surface area contributed by atoms with Gasteiger partial charge >= 0.3 is 6.09 Å². The van der Waals surface area contributed by atoms with E-state index in [0.717, 1.165) is 18.7 Å². The molecule has 6 nitrogen and oxygen atoms in total. The lowest BCUT2D eigenvalue weighted by molar-refractivity contribution is 0.0237. The number of aromatic nitrogens is 3. The largest absolute Gasteiger partial charge is 0.444 e. The van der Waals surface area contributed by atoms with E-state index in [-0.39, 0.29) is 6.09 Å². The second-order valence-electron chi connectivity index (χ2n) is 8.56. The van der Waals surface area contributed by atoms with Gasteiger partial charge in [-0.3, -0.25) is 0 Å². The molecule has 2 aliphatic carbocycles.